The molecule has 6 heteroatoms. The number of nitrogens with zero attached hydrogens (tertiary/aromatic N) is 2. The lowest BCUT2D eigenvalue weighted by molar-refractivity contribution is 0.0266. The Balaban J connectivity index is 2.44. The highest BCUT2D eigenvalue weighted by molar-refractivity contribution is 5.80. The molecule has 1 heterocycles. The lowest BCUT2D eigenvalue weighted by Crippen LogP contribution is -2.40. The molecule has 6 nitrogen and oxygen atoms in total. The van der Waals surface area contributed by atoms with E-state index in [1.54, 1.807) is 7.11 Å². The third kappa shape index (κ3) is 8.88. The van der Waals surface area contributed by atoms with Crippen LogP contribution in [0, 0.1) is 11.8 Å². The van der Waals surface area contributed by atoms with Gasteiger partial charge in [0.15, 0.2) is 5.96 Å². The van der Waals surface area contributed by atoms with Gasteiger partial charge in [0.05, 0.1) is 25.9 Å². The fourth-order valence-corrected chi connectivity index (χ4v) is 3.10. The summed E-state index contributed by atoms with van der Waals surface area (Å²) in [6, 6.07) is 0. The van der Waals surface area contributed by atoms with E-state index in [0.717, 1.165) is 58.2 Å². The second kappa shape index (κ2) is 13.4. The molecule has 0 aromatic rings. The molecule has 1 rings (SSSR count). The van der Waals surface area contributed by atoms with Gasteiger partial charge in [-0.3, -0.25) is 4.99 Å². The second-order valence-electron chi connectivity index (χ2n) is 6.93. The van der Waals surface area contributed by atoms with Crippen molar-refractivity contribution >= 4 is 5.96 Å². The van der Waals surface area contributed by atoms with Gasteiger partial charge in [0.1, 0.15) is 0 Å². The summed E-state index contributed by atoms with van der Waals surface area (Å²) in [5.41, 5.74) is 0. The molecule has 0 radical (unpaired) electrons. The van der Waals surface area contributed by atoms with Crippen LogP contribution in [0.15, 0.2) is 4.99 Å². The molecular weight excluding hydrogens is 318 g/mol. The van der Waals surface area contributed by atoms with E-state index in [4.69, 9.17) is 19.2 Å². The van der Waals surface area contributed by atoms with Crippen molar-refractivity contribution in [1.29, 1.82) is 0 Å². The highest BCUT2D eigenvalue weighted by Gasteiger charge is 2.25. The Hall–Kier alpha value is -0.850. The molecule has 0 spiro atoms. The number of likely N-dealkylation sites (tertiary alicyclic amines) is 1. The topological polar surface area (TPSA) is 55.3 Å². The number of hydrogen-bond acceptors (Lipinski definition) is 4. The first-order valence-corrected chi connectivity index (χ1v) is 9.83. The van der Waals surface area contributed by atoms with Crippen LogP contribution < -0.4 is 5.32 Å². The molecule has 1 aliphatic rings. The van der Waals surface area contributed by atoms with Crippen LogP contribution in [0.5, 0.6) is 0 Å². The Bertz CT molecular complexity index is 364. The van der Waals surface area contributed by atoms with Crippen molar-refractivity contribution in [3.8, 4) is 0 Å². The molecule has 2 unspecified atom stereocenters. The molecule has 0 bridgehead atoms. The number of ether oxygens (including phenoxy) is 3. The SMILES string of the molecule is CCNC(=NCCC(OCC)C(C)C)N1CCC(COCCOC)C1. The summed E-state index contributed by atoms with van der Waals surface area (Å²) >= 11 is 0. The van der Waals surface area contributed by atoms with Gasteiger partial charge in [-0.2, -0.15) is 0 Å². The standard InChI is InChI=1S/C19H39N3O3/c1-6-20-19(21-10-8-18(16(3)4)25-7-2)22-11-9-17(14-22)15-24-13-12-23-5/h16-18H,6-15H2,1-5H3,(H,20,21). The van der Waals surface area contributed by atoms with Gasteiger partial charge in [-0.1, -0.05) is 13.8 Å². The summed E-state index contributed by atoms with van der Waals surface area (Å²) in [4.78, 5) is 7.19. The average molecular weight is 358 g/mol. The Morgan fingerprint density at radius 1 is 1.28 bits per heavy atom. The monoisotopic (exact) mass is 357 g/mol. The largest absolute Gasteiger partial charge is 0.382 e. The number of aliphatic imine (C=N–C) groups is 1. The minimum Gasteiger partial charge on any atom is -0.382 e. The zero-order valence-electron chi connectivity index (χ0n) is 16.9. The maximum Gasteiger partial charge on any atom is 0.193 e. The van der Waals surface area contributed by atoms with Crippen LogP contribution in [0.3, 0.4) is 0 Å². The highest BCUT2D eigenvalue weighted by Crippen LogP contribution is 2.17. The van der Waals surface area contributed by atoms with Crippen LogP contribution in [-0.2, 0) is 14.2 Å². The number of hydrogen-bond donors (Lipinski definition) is 1. The summed E-state index contributed by atoms with van der Waals surface area (Å²) in [7, 11) is 1.70. The molecule has 148 valence electrons. The van der Waals surface area contributed by atoms with Crippen LogP contribution in [-0.4, -0.2) is 76.7 Å². The van der Waals surface area contributed by atoms with Gasteiger partial charge < -0.3 is 24.4 Å². The van der Waals surface area contributed by atoms with Crippen molar-refractivity contribution in [2.24, 2.45) is 16.8 Å². The summed E-state index contributed by atoms with van der Waals surface area (Å²) in [6.07, 6.45) is 2.42. The van der Waals surface area contributed by atoms with E-state index in [2.05, 4.69) is 37.9 Å². The minimum atomic E-state index is 0.289. The van der Waals surface area contributed by atoms with Gasteiger partial charge in [-0.25, -0.2) is 0 Å². The van der Waals surface area contributed by atoms with Crippen LogP contribution in [0.25, 0.3) is 0 Å². The van der Waals surface area contributed by atoms with Crippen molar-refractivity contribution < 1.29 is 14.2 Å². The number of rotatable bonds is 12. The van der Waals surface area contributed by atoms with E-state index in [1.165, 1.54) is 0 Å². The van der Waals surface area contributed by atoms with Crippen molar-refractivity contribution in [3.63, 3.8) is 0 Å². The zero-order valence-corrected chi connectivity index (χ0v) is 16.9. The smallest absolute Gasteiger partial charge is 0.193 e. The fourth-order valence-electron chi connectivity index (χ4n) is 3.10. The molecule has 25 heavy (non-hydrogen) atoms. The normalized spacial score (nSPS) is 19.7. The molecular formula is C19H39N3O3. The molecule has 1 aliphatic heterocycles. The first-order valence-electron chi connectivity index (χ1n) is 9.83. The summed E-state index contributed by atoms with van der Waals surface area (Å²) in [6.45, 7) is 15.3. The lowest BCUT2D eigenvalue weighted by atomic mass is 10.0. The third-order valence-corrected chi connectivity index (χ3v) is 4.51. The van der Waals surface area contributed by atoms with Crippen LogP contribution >= 0.6 is 0 Å². The van der Waals surface area contributed by atoms with Gasteiger partial charge in [0, 0.05) is 45.8 Å². The van der Waals surface area contributed by atoms with Crippen LogP contribution in [0.1, 0.15) is 40.5 Å². The first-order chi connectivity index (χ1) is 12.1. The molecule has 0 aromatic carbocycles. The Morgan fingerprint density at radius 3 is 2.72 bits per heavy atom. The zero-order chi connectivity index (χ0) is 18.5. The lowest BCUT2D eigenvalue weighted by Gasteiger charge is -2.23. The summed E-state index contributed by atoms with van der Waals surface area (Å²) in [5, 5.41) is 3.43. The van der Waals surface area contributed by atoms with Crippen LogP contribution in [0.2, 0.25) is 0 Å². The Kier molecular flexibility index (Phi) is 11.9. The highest BCUT2D eigenvalue weighted by atomic mass is 16.5. The molecule has 1 saturated heterocycles. The predicted molar refractivity (Wildman–Crippen MR) is 103 cm³/mol. The van der Waals surface area contributed by atoms with E-state index < -0.39 is 0 Å². The van der Waals surface area contributed by atoms with Crippen molar-refractivity contribution in [2.75, 3.05) is 59.7 Å². The van der Waals surface area contributed by atoms with E-state index >= 15 is 0 Å². The van der Waals surface area contributed by atoms with Crippen LogP contribution in [0.4, 0.5) is 0 Å². The average Bonchev–Trinajstić information content (AvgIpc) is 3.05. The molecule has 2 atom stereocenters. The maximum atomic E-state index is 5.82. The van der Waals surface area contributed by atoms with Gasteiger partial charge in [0.2, 0.25) is 0 Å². The van der Waals surface area contributed by atoms with Gasteiger partial charge in [0.25, 0.3) is 0 Å². The third-order valence-electron chi connectivity index (χ3n) is 4.51. The molecule has 0 saturated carbocycles. The number of nitrogens with one attached hydrogen (secondary N) is 1. The molecule has 1 N–H and O–H groups in total. The molecule has 0 aliphatic carbocycles. The van der Waals surface area contributed by atoms with Gasteiger partial charge in [-0.15, -0.1) is 0 Å². The molecule has 0 amide bonds. The second-order valence-corrected chi connectivity index (χ2v) is 6.93. The number of methoxy groups -OCH3 is 1. The van der Waals surface area contributed by atoms with Crippen molar-refractivity contribution in [1.82, 2.24) is 10.2 Å². The van der Waals surface area contributed by atoms with E-state index in [-0.39, 0.29) is 6.10 Å². The molecule has 1 fully saturated rings. The fraction of sp³-hybridized carbons (Fsp3) is 0.947. The quantitative estimate of drug-likeness (QED) is 0.330. The minimum absolute atomic E-state index is 0.289. The maximum absolute atomic E-state index is 5.82. The van der Waals surface area contributed by atoms with Gasteiger partial charge in [-0.05, 0) is 32.6 Å². The summed E-state index contributed by atoms with van der Waals surface area (Å²) < 4.78 is 16.5. The van der Waals surface area contributed by atoms with Crippen molar-refractivity contribution in [2.45, 2.75) is 46.6 Å². The van der Waals surface area contributed by atoms with E-state index in [9.17, 15) is 0 Å². The predicted octanol–water partition coefficient (Wildman–Crippen LogP) is 2.39. The van der Waals surface area contributed by atoms with E-state index in [1.807, 2.05) is 0 Å². The Morgan fingerprint density at radius 2 is 2.08 bits per heavy atom. The Labute approximate surface area is 154 Å². The first kappa shape index (κ1) is 22.2. The van der Waals surface area contributed by atoms with Gasteiger partial charge >= 0.3 is 0 Å². The van der Waals surface area contributed by atoms with E-state index in [0.29, 0.717) is 25.0 Å². The summed E-state index contributed by atoms with van der Waals surface area (Å²) in [5.74, 6) is 2.13. The van der Waals surface area contributed by atoms with Crippen molar-refractivity contribution in [3.05, 3.63) is 0 Å². The molecule has 0 aromatic heterocycles. The number of guanidine groups is 1.